The monoisotopic (exact) mass is 339 g/mol. The first-order valence-electron chi connectivity index (χ1n) is 8.06. The van der Waals surface area contributed by atoms with E-state index in [1.165, 1.54) is 0 Å². The van der Waals surface area contributed by atoms with Crippen molar-refractivity contribution in [2.24, 2.45) is 0 Å². The van der Waals surface area contributed by atoms with E-state index >= 15 is 0 Å². The lowest BCUT2D eigenvalue weighted by Gasteiger charge is -2.16. The van der Waals surface area contributed by atoms with Crippen molar-refractivity contribution in [3.05, 3.63) is 47.0 Å². The highest BCUT2D eigenvalue weighted by molar-refractivity contribution is 5.60. The highest BCUT2D eigenvalue weighted by Gasteiger charge is 2.12. The lowest BCUT2D eigenvalue weighted by atomic mass is 10.0. The fourth-order valence-corrected chi connectivity index (χ4v) is 2.70. The predicted octanol–water partition coefficient (Wildman–Crippen LogP) is 4.18. The molecule has 3 rings (SSSR count). The molecule has 0 aliphatic rings. The number of rotatable bonds is 5. The molecule has 0 unspecified atom stereocenters. The average molecular weight is 339 g/mol. The maximum absolute atomic E-state index is 9.96. The Bertz CT molecular complexity index is 852. The molecule has 7 nitrogen and oxygen atoms in total. The molecule has 0 radical (unpaired) electrons. The quantitative estimate of drug-likeness (QED) is 0.645. The molecule has 0 aliphatic carbocycles. The Morgan fingerprint density at radius 1 is 1.12 bits per heavy atom. The number of aryl methyl sites for hydroxylation is 2. The van der Waals surface area contributed by atoms with Gasteiger partial charge in [-0.1, -0.05) is 18.9 Å². The fourth-order valence-electron chi connectivity index (χ4n) is 2.70. The van der Waals surface area contributed by atoms with Crippen molar-refractivity contribution >= 4 is 11.6 Å². The summed E-state index contributed by atoms with van der Waals surface area (Å²) in [5.74, 6) is 2.40. The zero-order valence-electron chi connectivity index (χ0n) is 14.7. The smallest absolute Gasteiger partial charge is 0.267 e. The van der Waals surface area contributed by atoms with Crippen LogP contribution in [0.15, 0.2) is 30.3 Å². The van der Waals surface area contributed by atoms with E-state index in [4.69, 9.17) is 4.74 Å². The van der Waals surface area contributed by atoms with Crippen molar-refractivity contribution in [1.29, 1.82) is 0 Å². The van der Waals surface area contributed by atoms with E-state index in [0.717, 1.165) is 28.1 Å². The molecule has 0 saturated heterocycles. The molecule has 0 saturated carbocycles. The first-order chi connectivity index (χ1) is 11.9. The maximum atomic E-state index is 9.96. The fraction of sp³-hybridized carbons (Fsp3) is 0.278. The summed E-state index contributed by atoms with van der Waals surface area (Å²) in [5, 5.41) is 26.7. The Balaban J connectivity index is 1.87. The van der Waals surface area contributed by atoms with Crippen molar-refractivity contribution in [2.45, 2.75) is 33.6 Å². The molecule has 3 N–H and O–H groups in total. The van der Waals surface area contributed by atoms with Gasteiger partial charge in [0.05, 0.1) is 0 Å². The van der Waals surface area contributed by atoms with Gasteiger partial charge in [-0.05, 0) is 66.4 Å². The summed E-state index contributed by atoms with van der Waals surface area (Å²) in [6, 6.07) is 9.24. The molecule has 1 aromatic heterocycles. The number of nitrogens with zero attached hydrogens (tertiary/aromatic N) is 3. The Hall–Kier alpha value is -3.09. The van der Waals surface area contributed by atoms with Gasteiger partial charge in [-0.2, -0.15) is 5.21 Å². The van der Waals surface area contributed by atoms with Crippen LogP contribution in [0.3, 0.4) is 0 Å². The van der Waals surface area contributed by atoms with Gasteiger partial charge in [0.1, 0.15) is 17.2 Å². The number of hydrogen-bond donors (Lipinski definition) is 3. The standard InChI is InChI=1S/C18H21N5O2/c1-10(2)15-9-14(5-6-16(15)24)25-17-11(3)7-13(8-12(17)4)19-18-20-22-23-21-18/h5-10,24H,1-4H3,(H2,19,20,21,22,23). The summed E-state index contributed by atoms with van der Waals surface area (Å²) in [7, 11) is 0. The van der Waals surface area contributed by atoms with Crippen LogP contribution < -0.4 is 10.1 Å². The van der Waals surface area contributed by atoms with E-state index in [1.807, 2.05) is 45.9 Å². The van der Waals surface area contributed by atoms with Crippen molar-refractivity contribution < 1.29 is 9.84 Å². The van der Waals surface area contributed by atoms with Crippen LogP contribution in [-0.2, 0) is 0 Å². The van der Waals surface area contributed by atoms with E-state index in [1.54, 1.807) is 12.1 Å². The van der Waals surface area contributed by atoms with Crippen LogP contribution in [0.1, 0.15) is 36.5 Å². The van der Waals surface area contributed by atoms with Crippen molar-refractivity contribution in [2.75, 3.05) is 5.32 Å². The van der Waals surface area contributed by atoms with Crippen LogP contribution in [0.5, 0.6) is 17.2 Å². The van der Waals surface area contributed by atoms with Crippen molar-refractivity contribution in [1.82, 2.24) is 20.6 Å². The number of aromatic hydroxyl groups is 1. The van der Waals surface area contributed by atoms with Gasteiger partial charge in [0.15, 0.2) is 0 Å². The molecule has 7 heteroatoms. The van der Waals surface area contributed by atoms with Gasteiger partial charge in [0.25, 0.3) is 5.95 Å². The summed E-state index contributed by atoms with van der Waals surface area (Å²) >= 11 is 0. The van der Waals surface area contributed by atoms with Crippen LogP contribution in [0.2, 0.25) is 0 Å². The van der Waals surface area contributed by atoms with E-state index in [2.05, 4.69) is 25.9 Å². The number of tetrazole rings is 1. The summed E-state index contributed by atoms with van der Waals surface area (Å²) in [5.41, 5.74) is 3.68. The molecular weight excluding hydrogens is 318 g/mol. The second kappa shape index (κ2) is 6.80. The molecule has 0 bridgehead atoms. The minimum Gasteiger partial charge on any atom is -0.508 e. The Kier molecular flexibility index (Phi) is 4.56. The number of phenolic OH excluding ortho intramolecular Hbond substituents is 1. The number of phenols is 1. The highest BCUT2D eigenvalue weighted by Crippen LogP contribution is 2.35. The number of H-pyrrole nitrogens is 1. The number of aromatic nitrogens is 4. The predicted molar refractivity (Wildman–Crippen MR) is 95.6 cm³/mol. The van der Waals surface area contributed by atoms with Crippen molar-refractivity contribution in [3.8, 4) is 17.2 Å². The summed E-state index contributed by atoms with van der Waals surface area (Å²) in [4.78, 5) is 0. The summed E-state index contributed by atoms with van der Waals surface area (Å²) in [6.45, 7) is 8.03. The minimum atomic E-state index is 0.215. The number of aromatic amines is 1. The summed E-state index contributed by atoms with van der Waals surface area (Å²) < 4.78 is 6.09. The van der Waals surface area contributed by atoms with Crippen LogP contribution >= 0.6 is 0 Å². The first-order valence-corrected chi connectivity index (χ1v) is 8.06. The summed E-state index contributed by atoms with van der Waals surface area (Å²) in [6.07, 6.45) is 0. The lowest BCUT2D eigenvalue weighted by molar-refractivity contribution is 0.452. The van der Waals surface area contributed by atoms with Crippen LogP contribution in [0.4, 0.5) is 11.6 Å². The third-order valence-corrected chi connectivity index (χ3v) is 3.90. The Labute approximate surface area is 146 Å². The number of ether oxygens (including phenoxy) is 1. The van der Waals surface area contributed by atoms with Crippen molar-refractivity contribution in [3.63, 3.8) is 0 Å². The van der Waals surface area contributed by atoms with Gasteiger partial charge < -0.3 is 15.2 Å². The molecule has 3 aromatic rings. The molecular formula is C18H21N5O2. The Morgan fingerprint density at radius 2 is 1.84 bits per heavy atom. The topological polar surface area (TPSA) is 96.0 Å². The molecule has 0 fully saturated rings. The Morgan fingerprint density at radius 3 is 2.44 bits per heavy atom. The first kappa shape index (κ1) is 16.8. The van der Waals surface area contributed by atoms with Gasteiger partial charge in [0, 0.05) is 11.3 Å². The van der Waals surface area contributed by atoms with Crippen LogP contribution in [0.25, 0.3) is 0 Å². The largest absolute Gasteiger partial charge is 0.508 e. The second-order valence-corrected chi connectivity index (χ2v) is 6.28. The van der Waals surface area contributed by atoms with Gasteiger partial charge in [-0.25, -0.2) is 0 Å². The molecule has 1 heterocycles. The number of benzene rings is 2. The second-order valence-electron chi connectivity index (χ2n) is 6.28. The SMILES string of the molecule is Cc1cc(Nc2nn[nH]n2)cc(C)c1Oc1ccc(O)c(C(C)C)c1. The molecule has 25 heavy (non-hydrogen) atoms. The van der Waals surface area contributed by atoms with E-state index < -0.39 is 0 Å². The van der Waals surface area contributed by atoms with E-state index in [-0.39, 0.29) is 11.7 Å². The normalized spacial score (nSPS) is 10.9. The van der Waals surface area contributed by atoms with Gasteiger partial charge in [-0.3, -0.25) is 0 Å². The zero-order valence-corrected chi connectivity index (χ0v) is 14.7. The third kappa shape index (κ3) is 3.71. The van der Waals surface area contributed by atoms with Gasteiger partial charge >= 0.3 is 0 Å². The molecule has 2 aromatic carbocycles. The van der Waals surface area contributed by atoms with Crippen LogP contribution in [0, 0.1) is 13.8 Å². The van der Waals surface area contributed by atoms with Gasteiger partial charge in [0.2, 0.25) is 0 Å². The zero-order chi connectivity index (χ0) is 18.0. The molecule has 0 aliphatic heterocycles. The number of nitrogens with one attached hydrogen (secondary N) is 2. The average Bonchev–Trinajstić information content (AvgIpc) is 3.05. The molecule has 130 valence electrons. The van der Waals surface area contributed by atoms with E-state index in [9.17, 15) is 5.11 Å². The van der Waals surface area contributed by atoms with Crippen LogP contribution in [-0.4, -0.2) is 25.7 Å². The minimum absolute atomic E-state index is 0.215. The highest BCUT2D eigenvalue weighted by atomic mass is 16.5. The number of hydrogen-bond acceptors (Lipinski definition) is 6. The lowest BCUT2D eigenvalue weighted by Crippen LogP contribution is -1.97. The van der Waals surface area contributed by atoms with E-state index in [0.29, 0.717) is 11.7 Å². The molecule has 0 atom stereocenters. The molecule has 0 amide bonds. The molecule has 0 spiro atoms. The number of anilines is 2. The third-order valence-electron chi connectivity index (χ3n) is 3.90. The maximum Gasteiger partial charge on any atom is 0.267 e. The van der Waals surface area contributed by atoms with Gasteiger partial charge in [-0.15, -0.1) is 5.10 Å².